The van der Waals surface area contributed by atoms with Crippen molar-refractivity contribution in [1.82, 2.24) is 5.32 Å². The van der Waals surface area contributed by atoms with Gasteiger partial charge in [-0.1, -0.05) is 17.7 Å². The van der Waals surface area contributed by atoms with E-state index in [9.17, 15) is 14.7 Å². The second-order valence-corrected chi connectivity index (χ2v) is 7.67. The van der Waals surface area contributed by atoms with Crippen LogP contribution in [0.1, 0.15) is 15.9 Å². The molecule has 4 rings (SSSR count). The summed E-state index contributed by atoms with van der Waals surface area (Å²) in [6.07, 6.45) is 3.74. The van der Waals surface area contributed by atoms with Gasteiger partial charge in [-0.3, -0.25) is 4.79 Å². The first-order valence-corrected chi connectivity index (χ1v) is 9.92. The fourth-order valence-electron chi connectivity index (χ4n) is 2.68. The third-order valence-electron chi connectivity index (χ3n) is 4.06. The molecule has 0 saturated carbocycles. The van der Waals surface area contributed by atoms with Crippen LogP contribution in [0.2, 0.25) is 5.02 Å². The van der Waals surface area contributed by atoms with E-state index in [0.717, 1.165) is 9.13 Å². The van der Waals surface area contributed by atoms with E-state index in [4.69, 9.17) is 21.1 Å². The van der Waals surface area contributed by atoms with Crippen LogP contribution in [-0.2, 0) is 11.2 Å². The Bertz CT molecular complexity index is 931. The summed E-state index contributed by atoms with van der Waals surface area (Å²) in [6.45, 7) is 0.591. The number of benzene rings is 2. The minimum Gasteiger partial charge on any atom is -0.489 e. The molecular formula is C20H17ClINO5. The fraction of sp³-hybridized carbons (Fsp3) is 0.200. The van der Waals surface area contributed by atoms with Crippen LogP contribution in [-0.4, -0.2) is 36.2 Å². The third-order valence-corrected chi connectivity index (χ3v) is 5.14. The number of rotatable bonds is 1. The molecule has 0 spiro atoms. The number of ether oxygens (including phenoxy) is 2. The van der Waals surface area contributed by atoms with Crippen molar-refractivity contribution < 1.29 is 24.2 Å². The highest BCUT2D eigenvalue weighted by Gasteiger charge is 2.23. The number of fused-ring (bicyclic) bond motifs is 9. The Morgan fingerprint density at radius 3 is 2.46 bits per heavy atom. The zero-order chi connectivity index (χ0) is 20.1. The predicted molar refractivity (Wildman–Crippen MR) is 113 cm³/mol. The third kappa shape index (κ3) is 5.17. The maximum atomic E-state index is 12.7. The lowest BCUT2D eigenvalue weighted by Gasteiger charge is -2.17. The molecule has 2 aliphatic heterocycles. The Morgan fingerprint density at radius 2 is 1.79 bits per heavy atom. The number of hydrogen-bond acceptors (Lipinski definition) is 4. The summed E-state index contributed by atoms with van der Waals surface area (Å²) in [5, 5.41) is 12.5. The molecule has 0 unspecified atom stereocenters. The molecule has 0 aliphatic carbocycles. The normalized spacial score (nSPS) is 18.4. The van der Waals surface area contributed by atoms with Gasteiger partial charge in [-0.25, -0.2) is 4.79 Å². The van der Waals surface area contributed by atoms with Crippen LogP contribution in [0.5, 0.6) is 11.5 Å². The molecule has 0 saturated heterocycles. The summed E-state index contributed by atoms with van der Waals surface area (Å²) in [4.78, 5) is 24.4. The van der Waals surface area contributed by atoms with Gasteiger partial charge in [-0.05, 0) is 70.6 Å². The van der Waals surface area contributed by atoms with Crippen molar-refractivity contribution in [2.24, 2.45) is 0 Å². The summed E-state index contributed by atoms with van der Waals surface area (Å²) < 4.78 is 12.2. The summed E-state index contributed by atoms with van der Waals surface area (Å²) >= 11 is 8.15. The monoisotopic (exact) mass is 513 g/mol. The molecule has 2 heterocycles. The molecule has 0 radical (unpaired) electrons. The predicted octanol–water partition coefficient (Wildman–Crippen LogP) is 3.70. The van der Waals surface area contributed by atoms with Gasteiger partial charge in [-0.2, -0.15) is 0 Å². The molecule has 2 aromatic carbocycles. The maximum absolute atomic E-state index is 12.7. The average Bonchev–Trinajstić information content (AvgIpc) is 2.65. The van der Waals surface area contributed by atoms with E-state index in [2.05, 4.69) is 27.9 Å². The second kappa shape index (κ2) is 9.29. The highest BCUT2D eigenvalue weighted by molar-refractivity contribution is 14.1. The second-order valence-electron chi connectivity index (χ2n) is 6.07. The molecule has 1 atom stereocenters. The van der Waals surface area contributed by atoms with Gasteiger partial charge in [-0.15, -0.1) is 0 Å². The van der Waals surface area contributed by atoms with Crippen molar-refractivity contribution in [2.75, 3.05) is 13.2 Å². The van der Waals surface area contributed by atoms with E-state index < -0.39 is 17.9 Å². The highest BCUT2D eigenvalue weighted by Crippen LogP contribution is 2.25. The Kier molecular flexibility index (Phi) is 6.79. The molecule has 8 heteroatoms. The van der Waals surface area contributed by atoms with Crippen molar-refractivity contribution in [1.29, 1.82) is 0 Å². The van der Waals surface area contributed by atoms with E-state index >= 15 is 0 Å². The summed E-state index contributed by atoms with van der Waals surface area (Å²) in [5.41, 5.74) is 0.954. The standard InChI is InChI=1S/C20H17ClINO5/c21-13-4-6-17-14(11-13)19(24)23-16(20(25)26)10-12-3-5-18(15(22)9-12)28-8-2-1-7-27-17/h1-6,9,11,16H,7-8,10H2,(H,23,24)(H,25,26)/b2-1+/t16-/m0/s1. The van der Waals surface area contributed by atoms with Crippen LogP contribution < -0.4 is 14.8 Å². The first-order chi connectivity index (χ1) is 13.4. The number of carboxylic acids is 1. The zero-order valence-corrected chi connectivity index (χ0v) is 17.6. The SMILES string of the molecule is O=C1N[C@H](C(=O)O)Cc2ccc(c(I)c2)OC/C=C/COc2ccc(Cl)cc21. The lowest BCUT2D eigenvalue weighted by molar-refractivity contribution is -0.139. The van der Waals surface area contributed by atoms with E-state index in [1.54, 1.807) is 30.3 Å². The van der Waals surface area contributed by atoms with E-state index in [1.165, 1.54) is 6.07 Å². The molecule has 0 aromatic heterocycles. The van der Waals surface area contributed by atoms with Crippen molar-refractivity contribution in [3.8, 4) is 11.5 Å². The van der Waals surface area contributed by atoms with Crippen LogP contribution in [0.25, 0.3) is 0 Å². The Morgan fingerprint density at radius 1 is 1.11 bits per heavy atom. The molecular weight excluding hydrogens is 497 g/mol. The first kappa shape index (κ1) is 20.5. The summed E-state index contributed by atoms with van der Waals surface area (Å²) in [7, 11) is 0. The molecule has 0 fully saturated rings. The number of aliphatic carboxylic acids is 1. The van der Waals surface area contributed by atoms with Gasteiger partial charge in [0, 0.05) is 11.4 Å². The summed E-state index contributed by atoms with van der Waals surface area (Å²) in [6, 6.07) is 8.99. The number of hydrogen-bond donors (Lipinski definition) is 2. The van der Waals surface area contributed by atoms with Crippen LogP contribution in [0.15, 0.2) is 48.6 Å². The Hall–Kier alpha value is -2.26. The lowest BCUT2D eigenvalue weighted by Crippen LogP contribution is -2.42. The van der Waals surface area contributed by atoms with E-state index in [0.29, 0.717) is 23.1 Å². The molecule has 2 aromatic rings. The molecule has 2 aliphatic rings. The minimum absolute atomic E-state index is 0.133. The van der Waals surface area contributed by atoms with Crippen molar-refractivity contribution in [2.45, 2.75) is 12.5 Å². The summed E-state index contributed by atoms with van der Waals surface area (Å²) in [5.74, 6) is -0.660. The number of halogens is 2. The Balaban J connectivity index is 1.96. The van der Waals surface area contributed by atoms with E-state index in [1.807, 2.05) is 12.1 Å². The first-order valence-electron chi connectivity index (χ1n) is 8.46. The van der Waals surface area contributed by atoms with Crippen LogP contribution in [0.3, 0.4) is 0 Å². The van der Waals surface area contributed by atoms with Crippen molar-refractivity contribution in [3.63, 3.8) is 0 Å². The van der Waals surface area contributed by atoms with Crippen LogP contribution in [0, 0.1) is 3.57 Å². The quantitative estimate of drug-likeness (QED) is 0.449. The average molecular weight is 514 g/mol. The zero-order valence-electron chi connectivity index (χ0n) is 14.7. The molecule has 28 heavy (non-hydrogen) atoms. The Labute approximate surface area is 180 Å². The molecule has 6 nitrogen and oxygen atoms in total. The molecule has 1 amide bonds. The van der Waals surface area contributed by atoms with Crippen LogP contribution >= 0.6 is 34.2 Å². The molecule has 2 bridgehead atoms. The fourth-order valence-corrected chi connectivity index (χ4v) is 3.59. The van der Waals surface area contributed by atoms with Gasteiger partial charge < -0.3 is 19.9 Å². The van der Waals surface area contributed by atoms with Crippen LogP contribution in [0.4, 0.5) is 0 Å². The van der Waals surface area contributed by atoms with E-state index in [-0.39, 0.29) is 18.6 Å². The van der Waals surface area contributed by atoms with Gasteiger partial charge >= 0.3 is 5.97 Å². The van der Waals surface area contributed by atoms with Gasteiger partial charge in [0.15, 0.2) is 0 Å². The van der Waals surface area contributed by atoms with Gasteiger partial charge in [0.1, 0.15) is 30.8 Å². The maximum Gasteiger partial charge on any atom is 0.326 e. The lowest BCUT2D eigenvalue weighted by atomic mass is 10.0. The topological polar surface area (TPSA) is 84.9 Å². The highest BCUT2D eigenvalue weighted by atomic mass is 127. The van der Waals surface area contributed by atoms with Gasteiger partial charge in [0.05, 0.1) is 9.13 Å². The number of carbonyl (C=O) groups excluding carboxylic acids is 1. The number of amides is 1. The number of carboxylic acid groups (broad SMARTS) is 1. The smallest absolute Gasteiger partial charge is 0.326 e. The number of nitrogens with one attached hydrogen (secondary N) is 1. The molecule has 146 valence electrons. The minimum atomic E-state index is -1.13. The number of carbonyl (C=O) groups is 2. The van der Waals surface area contributed by atoms with Gasteiger partial charge in [0.25, 0.3) is 5.91 Å². The van der Waals surface area contributed by atoms with Gasteiger partial charge in [0.2, 0.25) is 0 Å². The molecule has 2 N–H and O–H groups in total. The van der Waals surface area contributed by atoms with Crippen molar-refractivity contribution >= 4 is 46.1 Å². The largest absolute Gasteiger partial charge is 0.489 e. The van der Waals surface area contributed by atoms with Crippen molar-refractivity contribution in [3.05, 3.63) is 68.3 Å².